The number of hydrogen-bond acceptors (Lipinski definition) is 0. The minimum atomic E-state index is 1.05. The summed E-state index contributed by atoms with van der Waals surface area (Å²) in [7, 11) is 0. The standard InChI is InChI=1S/C21H34/c1-13-11-12-19-17-9-3-6-14-5-2-8-16(20(14)17)18-10-4-7-15(13)21(18)19/h13-21H,2-12H2,1H3. The molecule has 0 radical (unpaired) electrons. The molecule has 0 aromatic rings. The molecule has 0 heteroatoms. The molecular weight excluding hydrogens is 252 g/mol. The molecule has 0 aromatic carbocycles. The molecule has 21 heavy (non-hydrogen) atoms. The minimum absolute atomic E-state index is 1.05. The molecule has 118 valence electrons. The maximum Gasteiger partial charge on any atom is -0.0321 e. The average molecular weight is 287 g/mol. The lowest BCUT2D eigenvalue weighted by Gasteiger charge is -2.63. The zero-order valence-electron chi connectivity index (χ0n) is 14.0. The van der Waals surface area contributed by atoms with Crippen molar-refractivity contribution in [1.29, 1.82) is 0 Å². The summed E-state index contributed by atoms with van der Waals surface area (Å²) < 4.78 is 0. The van der Waals surface area contributed by atoms with Crippen molar-refractivity contribution in [3.63, 3.8) is 0 Å². The Kier molecular flexibility index (Phi) is 3.20. The van der Waals surface area contributed by atoms with E-state index in [4.69, 9.17) is 0 Å². The lowest BCUT2D eigenvalue weighted by atomic mass is 9.41. The molecule has 5 saturated carbocycles. The summed E-state index contributed by atoms with van der Waals surface area (Å²) in [6, 6.07) is 0. The Bertz CT molecular complexity index is 379. The zero-order valence-corrected chi connectivity index (χ0v) is 14.0. The first-order chi connectivity index (χ1) is 10.3. The van der Waals surface area contributed by atoms with Crippen LogP contribution in [0.1, 0.15) is 77.6 Å². The van der Waals surface area contributed by atoms with Gasteiger partial charge in [0.15, 0.2) is 0 Å². The molecule has 0 bridgehead atoms. The molecule has 0 spiro atoms. The van der Waals surface area contributed by atoms with Crippen LogP contribution in [-0.2, 0) is 0 Å². The maximum absolute atomic E-state index is 2.60. The van der Waals surface area contributed by atoms with Crippen LogP contribution in [0, 0.1) is 53.3 Å². The van der Waals surface area contributed by atoms with Crippen LogP contribution in [0.5, 0.6) is 0 Å². The minimum Gasteiger partial charge on any atom is -0.0622 e. The van der Waals surface area contributed by atoms with Crippen LogP contribution in [0.2, 0.25) is 0 Å². The van der Waals surface area contributed by atoms with E-state index in [0.717, 1.165) is 17.8 Å². The molecule has 5 aliphatic carbocycles. The lowest BCUT2D eigenvalue weighted by Crippen LogP contribution is -2.57. The predicted molar refractivity (Wildman–Crippen MR) is 87.9 cm³/mol. The second-order valence-electron chi connectivity index (χ2n) is 9.58. The van der Waals surface area contributed by atoms with Gasteiger partial charge in [-0.3, -0.25) is 0 Å². The van der Waals surface area contributed by atoms with Gasteiger partial charge in [0.1, 0.15) is 0 Å². The quantitative estimate of drug-likeness (QED) is 0.519. The van der Waals surface area contributed by atoms with Gasteiger partial charge in [-0.25, -0.2) is 0 Å². The fraction of sp³-hybridized carbons (Fsp3) is 1.00. The summed E-state index contributed by atoms with van der Waals surface area (Å²) in [4.78, 5) is 0. The summed E-state index contributed by atoms with van der Waals surface area (Å²) in [5.74, 6) is 10.4. The van der Waals surface area contributed by atoms with E-state index in [2.05, 4.69) is 6.92 Å². The average Bonchev–Trinajstić information content (AvgIpc) is 2.54. The topological polar surface area (TPSA) is 0 Å². The fourth-order valence-corrected chi connectivity index (χ4v) is 8.61. The van der Waals surface area contributed by atoms with Gasteiger partial charge in [-0.15, -0.1) is 0 Å². The summed E-state index contributed by atoms with van der Waals surface area (Å²) in [5, 5.41) is 0. The van der Waals surface area contributed by atoms with Gasteiger partial charge >= 0.3 is 0 Å². The zero-order chi connectivity index (χ0) is 14.0. The summed E-state index contributed by atoms with van der Waals surface area (Å²) in [6.45, 7) is 2.60. The first kappa shape index (κ1) is 13.4. The number of rotatable bonds is 0. The van der Waals surface area contributed by atoms with Gasteiger partial charge in [-0.2, -0.15) is 0 Å². The van der Waals surface area contributed by atoms with Crippen LogP contribution in [0.25, 0.3) is 0 Å². The van der Waals surface area contributed by atoms with Crippen molar-refractivity contribution in [3.8, 4) is 0 Å². The molecule has 0 aromatic heterocycles. The van der Waals surface area contributed by atoms with E-state index in [1.165, 1.54) is 35.5 Å². The Labute approximate surface area is 131 Å². The predicted octanol–water partition coefficient (Wildman–Crippen LogP) is 5.91. The van der Waals surface area contributed by atoms with Crippen molar-refractivity contribution in [2.45, 2.75) is 77.6 Å². The highest BCUT2D eigenvalue weighted by molar-refractivity contribution is 5.06. The Morgan fingerprint density at radius 2 is 1.00 bits per heavy atom. The van der Waals surface area contributed by atoms with E-state index in [-0.39, 0.29) is 0 Å². The Morgan fingerprint density at radius 1 is 0.476 bits per heavy atom. The highest BCUT2D eigenvalue weighted by Crippen LogP contribution is 2.65. The molecule has 0 amide bonds. The van der Waals surface area contributed by atoms with Crippen LogP contribution in [0.3, 0.4) is 0 Å². The van der Waals surface area contributed by atoms with Gasteiger partial charge in [0, 0.05) is 0 Å². The van der Waals surface area contributed by atoms with Crippen LogP contribution in [-0.4, -0.2) is 0 Å². The molecule has 9 atom stereocenters. The van der Waals surface area contributed by atoms with Crippen LogP contribution >= 0.6 is 0 Å². The van der Waals surface area contributed by atoms with Crippen molar-refractivity contribution in [3.05, 3.63) is 0 Å². The van der Waals surface area contributed by atoms with Gasteiger partial charge < -0.3 is 0 Å². The molecular formula is C21H34. The SMILES string of the molecule is CC1CCC2C3CCCC4CCCC(C5CCCC1C52)C43. The van der Waals surface area contributed by atoms with Gasteiger partial charge in [0.2, 0.25) is 0 Å². The van der Waals surface area contributed by atoms with Crippen LogP contribution in [0.4, 0.5) is 0 Å². The molecule has 5 fully saturated rings. The van der Waals surface area contributed by atoms with E-state index in [0.29, 0.717) is 0 Å². The highest BCUT2D eigenvalue weighted by Gasteiger charge is 2.57. The summed E-state index contributed by atoms with van der Waals surface area (Å²) in [6.07, 6.45) is 17.5. The summed E-state index contributed by atoms with van der Waals surface area (Å²) >= 11 is 0. The smallest absolute Gasteiger partial charge is 0.0321 e. The Hall–Kier alpha value is 0. The monoisotopic (exact) mass is 286 g/mol. The van der Waals surface area contributed by atoms with Crippen molar-refractivity contribution in [2.24, 2.45) is 53.3 Å². The van der Waals surface area contributed by atoms with E-state index in [9.17, 15) is 0 Å². The molecule has 0 aliphatic heterocycles. The molecule has 0 N–H and O–H groups in total. The maximum atomic E-state index is 2.60. The Balaban J connectivity index is 1.54. The Morgan fingerprint density at radius 3 is 1.71 bits per heavy atom. The second-order valence-corrected chi connectivity index (χ2v) is 9.58. The molecule has 5 aliphatic rings. The third kappa shape index (κ3) is 1.86. The third-order valence-electron chi connectivity index (χ3n) is 9.10. The largest absolute Gasteiger partial charge is 0.0622 e. The van der Waals surface area contributed by atoms with E-state index < -0.39 is 0 Å². The molecule has 0 heterocycles. The number of fused-ring (bicyclic) bond motifs is 2. The number of hydrogen-bond donors (Lipinski definition) is 0. The first-order valence-corrected chi connectivity index (χ1v) is 10.3. The van der Waals surface area contributed by atoms with Crippen molar-refractivity contribution >= 4 is 0 Å². The molecule has 0 saturated heterocycles. The molecule has 5 rings (SSSR count). The van der Waals surface area contributed by atoms with Gasteiger partial charge in [-0.05, 0) is 85.4 Å². The van der Waals surface area contributed by atoms with Crippen LogP contribution in [0.15, 0.2) is 0 Å². The second kappa shape index (κ2) is 5.00. The first-order valence-electron chi connectivity index (χ1n) is 10.3. The van der Waals surface area contributed by atoms with Gasteiger partial charge in [0.05, 0.1) is 0 Å². The van der Waals surface area contributed by atoms with E-state index >= 15 is 0 Å². The third-order valence-corrected chi connectivity index (χ3v) is 9.10. The summed E-state index contributed by atoms with van der Waals surface area (Å²) in [5.41, 5.74) is 0. The van der Waals surface area contributed by atoms with Gasteiger partial charge in [0.25, 0.3) is 0 Å². The van der Waals surface area contributed by atoms with Crippen molar-refractivity contribution in [1.82, 2.24) is 0 Å². The van der Waals surface area contributed by atoms with Crippen LogP contribution < -0.4 is 0 Å². The van der Waals surface area contributed by atoms with E-state index in [1.54, 1.807) is 70.6 Å². The molecule has 9 unspecified atom stereocenters. The van der Waals surface area contributed by atoms with Gasteiger partial charge in [-0.1, -0.05) is 45.4 Å². The lowest BCUT2D eigenvalue weighted by molar-refractivity contribution is -0.148. The van der Waals surface area contributed by atoms with Crippen molar-refractivity contribution in [2.75, 3.05) is 0 Å². The van der Waals surface area contributed by atoms with Crippen molar-refractivity contribution < 1.29 is 0 Å². The normalized spacial score (nSPS) is 59.0. The highest BCUT2D eigenvalue weighted by atomic mass is 14.6. The van der Waals surface area contributed by atoms with E-state index in [1.807, 2.05) is 0 Å². The fourth-order valence-electron chi connectivity index (χ4n) is 8.61. The molecule has 0 nitrogen and oxygen atoms in total.